The van der Waals surface area contributed by atoms with E-state index < -0.39 is 0 Å². The second-order valence-electron chi connectivity index (χ2n) is 6.95. The van der Waals surface area contributed by atoms with E-state index in [1.54, 1.807) is 12.5 Å². The largest absolute Gasteiger partial charge is 0.467 e. The number of aromatic nitrogens is 2. The standard InChI is InChI=1S/C21H23N3O2/c1-16-5-2-3-6-18(16)13-23-11-10-22-20(23)15-24(21(25)17-8-9-17)14-19-7-4-12-26-19/h2-7,10-12,17H,8-9,13-15H2,1H3. The summed E-state index contributed by atoms with van der Waals surface area (Å²) in [5.74, 6) is 2.07. The van der Waals surface area contributed by atoms with Gasteiger partial charge in [-0.1, -0.05) is 24.3 Å². The van der Waals surface area contributed by atoms with Gasteiger partial charge in [0, 0.05) is 24.9 Å². The Balaban J connectivity index is 1.53. The van der Waals surface area contributed by atoms with Gasteiger partial charge >= 0.3 is 0 Å². The van der Waals surface area contributed by atoms with E-state index >= 15 is 0 Å². The van der Waals surface area contributed by atoms with E-state index in [1.807, 2.05) is 29.3 Å². The fraction of sp³-hybridized carbons (Fsp3) is 0.333. The Bertz CT molecular complexity index is 878. The first kappa shape index (κ1) is 16.6. The lowest BCUT2D eigenvalue weighted by molar-refractivity contribution is -0.134. The van der Waals surface area contributed by atoms with Crippen molar-refractivity contribution in [3.05, 3.63) is 77.8 Å². The summed E-state index contributed by atoms with van der Waals surface area (Å²) in [6.45, 7) is 3.86. The molecular weight excluding hydrogens is 326 g/mol. The number of imidazole rings is 1. The summed E-state index contributed by atoms with van der Waals surface area (Å²) in [4.78, 5) is 19.1. The number of hydrogen-bond acceptors (Lipinski definition) is 3. The molecule has 0 radical (unpaired) electrons. The van der Waals surface area contributed by atoms with Crippen LogP contribution in [-0.4, -0.2) is 20.4 Å². The van der Waals surface area contributed by atoms with Crippen LogP contribution in [-0.2, 0) is 24.4 Å². The van der Waals surface area contributed by atoms with Crippen molar-refractivity contribution in [1.82, 2.24) is 14.5 Å². The minimum Gasteiger partial charge on any atom is -0.467 e. The summed E-state index contributed by atoms with van der Waals surface area (Å²) in [5.41, 5.74) is 2.52. The van der Waals surface area contributed by atoms with Crippen molar-refractivity contribution in [2.45, 2.75) is 39.4 Å². The molecular formula is C21H23N3O2. The maximum absolute atomic E-state index is 12.7. The molecule has 2 aromatic heterocycles. The molecule has 134 valence electrons. The number of furan rings is 1. The molecule has 4 rings (SSSR count). The molecule has 3 aromatic rings. The van der Waals surface area contributed by atoms with Crippen molar-refractivity contribution in [2.24, 2.45) is 5.92 Å². The van der Waals surface area contributed by atoms with Crippen LogP contribution >= 0.6 is 0 Å². The van der Waals surface area contributed by atoms with E-state index in [9.17, 15) is 4.79 Å². The first-order valence-electron chi connectivity index (χ1n) is 9.06. The number of carbonyl (C=O) groups is 1. The van der Waals surface area contributed by atoms with Gasteiger partial charge < -0.3 is 13.9 Å². The topological polar surface area (TPSA) is 51.3 Å². The van der Waals surface area contributed by atoms with Gasteiger partial charge in [-0.25, -0.2) is 4.98 Å². The van der Waals surface area contributed by atoms with Crippen molar-refractivity contribution in [3.8, 4) is 0 Å². The van der Waals surface area contributed by atoms with Crippen LogP contribution in [0.2, 0.25) is 0 Å². The van der Waals surface area contributed by atoms with Crippen LogP contribution in [0, 0.1) is 12.8 Å². The van der Waals surface area contributed by atoms with Crippen LogP contribution in [0.1, 0.15) is 35.6 Å². The van der Waals surface area contributed by atoms with Crippen LogP contribution in [0.25, 0.3) is 0 Å². The van der Waals surface area contributed by atoms with E-state index in [0.29, 0.717) is 13.1 Å². The van der Waals surface area contributed by atoms with E-state index in [2.05, 4.69) is 34.7 Å². The highest BCUT2D eigenvalue weighted by Crippen LogP contribution is 2.32. The Morgan fingerprint density at radius 1 is 1.23 bits per heavy atom. The first-order valence-corrected chi connectivity index (χ1v) is 9.06. The van der Waals surface area contributed by atoms with Gasteiger partial charge in [0.2, 0.25) is 5.91 Å². The molecule has 1 aromatic carbocycles. The molecule has 1 fully saturated rings. The number of rotatable bonds is 7. The summed E-state index contributed by atoms with van der Waals surface area (Å²) in [6.07, 6.45) is 7.42. The maximum Gasteiger partial charge on any atom is 0.226 e. The van der Waals surface area contributed by atoms with Crippen molar-refractivity contribution < 1.29 is 9.21 Å². The number of hydrogen-bond donors (Lipinski definition) is 0. The molecule has 5 heteroatoms. The zero-order chi connectivity index (χ0) is 17.9. The van der Waals surface area contributed by atoms with Gasteiger partial charge in [-0.2, -0.15) is 0 Å². The fourth-order valence-corrected chi connectivity index (χ4v) is 3.17. The molecule has 0 aliphatic heterocycles. The van der Waals surface area contributed by atoms with Crippen LogP contribution in [0.4, 0.5) is 0 Å². The molecule has 26 heavy (non-hydrogen) atoms. The Hall–Kier alpha value is -2.82. The van der Waals surface area contributed by atoms with Gasteiger partial charge in [0.1, 0.15) is 11.6 Å². The van der Waals surface area contributed by atoms with E-state index in [-0.39, 0.29) is 11.8 Å². The van der Waals surface area contributed by atoms with Crippen molar-refractivity contribution in [3.63, 3.8) is 0 Å². The zero-order valence-electron chi connectivity index (χ0n) is 15.0. The average molecular weight is 349 g/mol. The Kier molecular flexibility index (Phi) is 4.61. The van der Waals surface area contributed by atoms with Gasteiger partial charge in [-0.3, -0.25) is 4.79 Å². The fourth-order valence-electron chi connectivity index (χ4n) is 3.17. The molecule has 0 N–H and O–H groups in total. The second-order valence-corrected chi connectivity index (χ2v) is 6.95. The Morgan fingerprint density at radius 3 is 2.81 bits per heavy atom. The highest BCUT2D eigenvalue weighted by molar-refractivity contribution is 5.80. The molecule has 0 atom stereocenters. The van der Waals surface area contributed by atoms with Crippen LogP contribution in [0.5, 0.6) is 0 Å². The van der Waals surface area contributed by atoms with E-state index in [4.69, 9.17) is 4.42 Å². The van der Waals surface area contributed by atoms with Gasteiger partial charge in [0.25, 0.3) is 0 Å². The third-order valence-electron chi connectivity index (χ3n) is 4.90. The number of nitrogens with zero attached hydrogens (tertiary/aromatic N) is 3. The molecule has 2 heterocycles. The lowest BCUT2D eigenvalue weighted by atomic mass is 10.1. The minimum atomic E-state index is 0.171. The van der Waals surface area contributed by atoms with E-state index in [0.717, 1.165) is 31.0 Å². The lowest BCUT2D eigenvalue weighted by Gasteiger charge is -2.22. The first-order chi connectivity index (χ1) is 12.7. The molecule has 0 spiro atoms. The second kappa shape index (κ2) is 7.20. The number of carbonyl (C=O) groups excluding carboxylic acids is 1. The number of amides is 1. The summed E-state index contributed by atoms with van der Waals surface area (Å²) in [6, 6.07) is 12.1. The Labute approximate surface area is 153 Å². The minimum absolute atomic E-state index is 0.171. The highest BCUT2D eigenvalue weighted by atomic mass is 16.3. The molecule has 1 saturated carbocycles. The van der Waals surface area contributed by atoms with Gasteiger partial charge in [0.15, 0.2) is 0 Å². The summed E-state index contributed by atoms with van der Waals surface area (Å²) >= 11 is 0. The van der Waals surface area contributed by atoms with Crippen LogP contribution in [0.15, 0.2) is 59.5 Å². The van der Waals surface area contributed by atoms with Gasteiger partial charge in [-0.05, 0) is 43.0 Å². The predicted octanol–water partition coefficient (Wildman–Crippen LogP) is 3.77. The third kappa shape index (κ3) is 3.72. The SMILES string of the molecule is Cc1ccccc1Cn1ccnc1CN(Cc1ccco1)C(=O)C1CC1. The lowest BCUT2D eigenvalue weighted by Crippen LogP contribution is -2.32. The monoisotopic (exact) mass is 349 g/mol. The highest BCUT2D eigenvalue weighted by Gasteiger charge is 2.34. The zero-order valence-corrected chi connectivity index (χ0v) is 15.0. The normalized spacial score (nSPS) is 13.7. The molecule has 0 saturated heterocycles. The van der Waals surface area contributed by atoms with Crippen molar-refractivity contribution in [1.29, 1.82) is 0 Å². The van der Waals surface area contributed by atoms with Gasteiger partial charge in [-0.15, -0.1) is 0 Å². The molecule has 1 aliphatic rings. The maximum atomic E-state index is 12.7. The molecule has 5 nitrogen and oxygen atoms in total. The van der Waals surface area contributed by atoms with Crippen molar-refractivity contribution in [2.75, 3.05) is 0 Å². The van der Waals surface area contributed by atoms with Crippen LogP contribution in [0.3, 0.4) is 0 Å². The quantitative estimate of drug-likeness (QED) is 0.652. The third-order valence-corrected chi connectivity index (χ3v) is 4.90. The molecule has 0 bridgehead atoms. The Morgan fingerprint density at radius 2 is 2.08 bits per heavy atom. The number of benzene rings is 1. The molecule has 1 aliphatic carbocycles. The van der Waals surface area contributed by atoms with Gasteiger partial charge in [0.05, 0.1) is 19.4 Å². The summed E-state index contributed by atoms with van der Waals surface area (Å²) in [7, 11) is 0. The average Bonchev–Trinajstić information content (AvgIpc) is 3.20. The molecule has 1 amide bonds. The number of aryl methyl sites for hydroxylation is 1. The predicted molar refractivity (Wildman–Crippen MR) is 98.2 cm³/mol. The van der Waals surface area contributed by atoms with Crippen molar-refractivity contribution >= 4 is 5.91 Å². The van der Waals surface area contributed by atoms with Crippen LogP contribution < -0.4 is 0 Å². The summed E-state index contributed by atoms with van der Waals surface area (Å²) < 4.78 is 7.58. The van der Waals surface area contributed by atoms with E-state index in [1.165, 1.54) is 11.1 Å². The summed E-state index contributed by atoms with van der Waals surface area (Å²) in [5, 5.41) is 0. The smallest absolute Gasteiger partial charge is 0.226 e. The molecule has 0 unspecified atom stereocenters.